The lowest BCUT2D eigenvalue weighted by Crippen LogP contribution is -2.38. The van der Waals surface area contributed by atoms with Crippen LogP contribution in [0, 0.1) is 6.92 Å². The number of nitrogens with one attached hydrogen (secondary N) is 1. The lowest BCUT2D eigenvalue weighted by Gasteiger charge is -2.25. The maximum absolute atomic E-state index is 13.6. The zero-order valence-corrected chi connectivity index (χ0v) is 21.7. The van der Waals surface area contributed by atoms with E-state index >= 15 is 0 Å². The summed E-state index contributed by atoms with van der Waals surface area (Å²) in [5, 5.41) is 3.63. The molecule has 0 saturated heterocycles. The van der Waals surface area contributed by atoms with E-state index in [2.05, 4.69) is 5.32 Å². The molecule has 2 aromatic carbocycles. The molecule has 1 aliphatic carbocycles. The van der Waals surface area contributed by atoms with Crippen LogP contribution in [0.3, 0.4) is 0 Å². The molecule has 1 aromatic heterocycles. The number of thiophene rings is 1. The van der Waals surface area contributed by atoms with Crippen LogP contribution >= 0.6 is 22.9 Å². The highest BCUT2D eigenvalue weighted by atomic mass is 35.5. The molecule has 0 bridgehead atoms. The summed E-state index contributed by atoms with van der Waals surface area (Å²) < 4.78 is 33.2. The summed E-state index contributed by atoms with van der Waals surface area (Å²) in [6, 6.07) is 12.7. The molecule has 0 atom stereocenters. The minimum Gasteiger partial charge on any atom is -0.465 e. The number of nitrogens with zero attached hydrogens (tertiary/aromatic N) is 1. The monoisotopic (exact) mass is 532 g/mol. The molecule has 184 valence electrons. The number of esters is 1. The van der Waals surface area contributed by atoms with Crippen molar-refractivity contribution in [2.45, 2.75) is 37.5 Å². The number of halogens is 1. The molecule has 4 rings (SSSR count). The molecule has 1 heterocycles. The second-order valence-corrected chi connectivity index (χ2v) is 11.6. The Morgan fingerprint density at radius 2 is 1.83 bits per heavy atom. The average molecular weight is 533 g/mol. The number of anilines is 2. The van der Waals surface area contributed by atoms with E-state index in [1.165, 1.54) is 30.6 Å². The first kappa shape index (κ1) is 25.2. The molecule has 10 heteroatoms. The summed E-state index contributed by atoms with van der Waals surface area (Å²) in [6.07, 6.45) is 3.55. The number of hydrogen-bond donors (Lipinski definition) is 1. The molecule has 3 aromatic rings. The molecule has 0 fully saturated rings. The van der Waals surface area contributed by atoms with Gasteiger partial charge in [-0.1, -0.05) is 29.8 Å². The predicted octanol–water partition coefficient (Wildman–Crippen LogP) is 5.21. The van der Waals surface area contributed by atoms with Crippen LogP contribution in [-0.4, -0.2) is 33.9 Å². The summed E-state index contributed by atoms with van der Waals surface area (Å²) in [4.78, 5) is 26.9. The number of carbonyl (C=O) groups is 2. The van der Waals surface area contributed by atoms with Gasteiger partial charge in [0.25, 0.3) is 10.0 Å². The van der Waals surface area contributed by atoms with Crippen LogP contribution in [0.5, 0.6) is 0 Å². The van der Waals surface area contributed by atoms with Crippen LogP contribution in [0.4, 0.5) is 10.7 Å². The minimum atomic E-state index is -4.07. The van der Waals surface area contributed by atoms with Gasteiger partial charge in [0.2, 0.25) is 5.91 Å². The van der Waals surface area contributed by atoms with Crippen molar-refractivity contribution in [3.8, 4) is 0 Å². The third kappa shape index (κ3) is 5.22. The number of benzene rings is 2. The molecule has 0 unspecified atom stereocenters. The van der Waals surface area contributed by atoms with Crippen LogP contribution in [0.1, 0.15) is 39.2 Å². The first-order chi connectivity index (χ1) is 16.7. The second kappa shape index (κ2) is 10.4. The number of methoxy groups -OCH3 is 1. The zero-order valence-electron chi connectivity index (χ0n) is 19.3. The number of aryl methyl sites for hydroxylation is 2. The molecular formula is C25H25ClN2O5S2. The Morgan fingerprint density at radius 1 is 1.11 bits per heavy atom. The Balaban J connectivity index is 1.70. The van der Waals surface area contributed by atoms with Crippen molar-refractivity contribution < 1.29 is 22.7 Å². The number of amides is 1. The van der Waals surface area contributed by atoms with E-state index in [1.807, 2.05) is 0 Å². The fourth-order valence-electron chi connectivity index (χ4n) is 4.19. The zero-order chi connectivity index (χ0) is 25.2. The van der Waals surface area contributed by atoms with Crippen molar-refractivity contribution in [3.05, 3.63) is 75.1 Å². The number of rotatable bonds is 7. The quantitative estimate of drug-likeness (QED) is 0.422. The van der Waals surface area contributed by atoms with Crippen LogP contribution in [0.2, 0.25) is 5.02 Å². The Labute approximate surface area is 213 Å². The molecule has 1 amide bonds. The van der Waals surface area contributed by atoms with Gasteiger partial charge in [0, 0.05) is 9.90 Å². The molecule has 7 nitrogen and oxygen atoms in total. The Bertz CT molecular complexity index is 1370. The first-order valence-electron chi connectivity index (χ1n) is 11.1. The van der Waals surface area contributed by atoms with E-state index in [1.54, 1.807) is 43.3 Å². The molecule has 1 aliphatic rings. The minimum absolute atomic E-state index is 0.0592. The molecule has 0 aliphatic heterocycles. The number of ether oxygens (including phenoxy) is 1. The average Bonchev–Trinajstić information content (AvgIpc) is 3.20. The van der Waals surface area contributed by atoms with Crippen molar-refractivity contribution in [1.82, 2.24) is 0 Å². The first-order valence-corrected chi connectivity index (χ1v) is 13.7. The van der Waals surface area contributed by atoms with E-state index in [-0.39, 0.29) is 4.90 Å². The fraction of sp³-hybridized carbons (Fsp3) is 0.280. The second-order valence-electron chi connectivity index (χ2n) is 8.21. The van der Waals surface area contributed by atoms with E-state index < -0.39 is 28.4 Å². The number of carbonyl (C=O) groups excluding carboxylic acids is 2. The summed E-state index contributed by atoms with van der Waals surface area (Å²) in [7, 11) is -2.77. The maximum atomic E-state index is 13.6. The van der Waals surface area contributed by atoms with E-state index in [4.69, 9.17) is 16.3 Å². The highest BCUT2D eigenvalue weighted by molar-refractivity contribution is 7.92. The maximum Gasteiger partial charge on any atom is 0.341 e. The van der Waals surface area contributed by atoms with Gasteiger partial charge in [-0.2, -0.15) is 0 Å². The molecule has 35 heavy (non-hydrogen) atoms. The molecule has 0 saturated carbocycles. The molecule has 0 spiro atoms. The van der Waals surface area contributed by atoms with Gasteiger partial charge >= 0.3 is 5.97 Å². The van der Waals surface area contributed by atoms with Crippen molar-refractivity contribution in [2.24, 2.45) is 0 Å². The third-order valence-electron chi connectivity index (χ3n) is 5.86. The Morgan fingerprint density at radius 3 is 2.51 bits per heavy atom. The lowest BCUT2D eigenvalue weighted by atomic mass is 9.95. The number of hydrogen-bond acceptors (Lipinski definition) is 6. The SMILES string of the molecule is COC(=O)c1c(NC(=O)CN(c2ccc(Cl)cc2C)S(=O)(=O)c2ccccc2)sc2c1CCCC2. The van der Waals surface area contributed by atoms with Gasteiger partial charge < -0.3 is 10.1 Å². The lowest BCUT2D eigenvalue weighted by molar-refractivity contribution is -0.114. The van der Waals surface area contributed by atoms with E-state index in [0.29, 0.717) is 26.8 Å². The van der Waals surface area contributed by atoms with Gasteiger partial charge in [0.05, 0.1) is 23.3 Å². The van der Waals surface area contributed by atoms with Gasteiger partial charge in [-0.05, 0) is 74.1 Å². The van der Waals surface area contributed by atoms with Crippen molar-refractivity contribution in [1.29, 1.82) is 0 Å². The van der Waals surface area contributed by atoms with Crippen LogP contribution in [-0.2, 0) is 32.4 Å². The normalized spacial score (nSPS) is 13.1. The number of sulfonamides is 1. The van der Waals surface area contributed by atoms with Crippen LogP contribution in [0.25, 0.3) is 0 Å². The van der Waals surface area contributed by atoms with Gasteiger partial charge in [-0.3, -0.25) is 9.10 Å². The molecule has 1 N–H and O–H groups in total. The van der Waals surface area contributed by atoms with Gasteiger partial charge in [0.15, 0.2) is 0 Å². The van der Waals surface area contributed by atoms with Gasteiger partial charge in [-0.25, -0.2) is 13.2 Å². The largest absolute Gasteiger partial charge is 0.465 e. The number of fused-ring (bicyclic) bond motifs is 1. The van der Waals surface area contributed by atoms with E-state index in [0.717, 1.165) is 40.4 Å². The summed E-state index contributed by atoms with van der Waals surface area (Å²) in [5.41, 5.74) is 2.21. The van der Waals surface area contributed by atoms with Crippen molar-refractivity contribution in [3.63, 3.8) is 0 Å². The molecule has 0 radical (unpaired) electrons. The van der Waals surface area contributed by atoms with Crippen molar-refractivity contribution in [2.75, 3.05) is 23.3 Å². The van der Waals surface area contributed by atoms with Crippen LogP contribution < -0.4 is 9.62 Å². The van der Waals surface area contributed by atoms with Gasteiger partial charge in [0.1, 0.15) is 11.5 Å². The topological polar surface area (TPSA) is 92.8 Å². The highest BCUT2D eigenvalue weighted by Crippen LogP contribution is 2.38. The molecular weight excluding hydrogens is 508 g/mol. The summed E-state index contributed by atoms with van der Waals surface area (Å²) in [5.74, 6) is -1.08. The van der Waals surface area contributed by atoms with E-state index in [9.17, 15) is 18.0 Å². The van der Waals surface area contributed by atoms with Crippen molar-refractivity contribution >= 4 is 55.5 Å². The standard InChI is InChI=1S/C25H25ClN2O5S2/c1-16-14-17(26)12-13-20(16)28(35(31,32)18-8-4-3-5-9-18)15-22(29)27-24-23(25(30)33-2)19-10-6-7-11-21(19)34-24/h3-5,8-9,12-14H,6-7,10-11,15H2,1-2H3,(H,27,29). The Hall–Kier alpha value is -2.88. The predicted molar refractivity (Wildman–Crippen MR) is 138 cm³/mol. The Kier molecular flexibility index (Phi) is 7.49. The highest BCUT2D eigenvalue weighted by Gasteiger charge is 2.31. The smallest absolute Gasteiger partial charge is 0.341 e. The summed E-state index contributed by atoms with van der Waals surface area (Å²) >= 11 is 7.43. The fourth-order valence-corrected chi connectivity index (χ4v) is 7.21. The summed E-state index contributed by atoms with van der Waals surface area (Å²) in [6.45, 7) is 1.25. The van der Waals surface area contributed by atoms with Gasteiger partial charge in [-0.15, -0.1) is 11.3 Å². The third-order valence-corrected chi connectivity index (χ3v) is 9.08. The van der Waals surface area contributed by atoms with Crippen LogP contribution in [0.15, 0.2) is 53.4 Å².